The summed E-state index contributed by atoms with van der Waals surface area (Å²) in [6, 6.07) is 5.96. The molecule has 1 N–H and O–H groups in total. The van der Waals surface area contributed by atoms with E-state index in [2.05, 4.69) is 12.2 Å². The maximum Gasteiger partial charge on any atom is 0.274 e. The van der Waals surface area contributed by atoms with Crippen LogP contribution >= 0.6 is 0 Å². The second kappa shape index (κ2) is 6.04. The van der Waals surface area contributed by atoms with Gasteiger partial charge in [0.1, 0.15) is 0 Å². The largest absolute Gasteiger partial charge is 0.382 e. The van der Waals surface area contributed by atoms with E-state index in [1.54, 1.807) is 6.07 Å². The molecule has 1 fully saturated rings. The fourth-order valence-corrected chi connectivity index (χ4v) is 2.92. The van der Waals surface area contributed by atoms with E-state index in [4.69, 9.17) is 0 Å². The monoisotopic (exact) mass is 262 g/mol. The Kier molecular flexibility index (Phi) is 4.40. The van der Waals surface area contributed by atoms with Gasteiger partial charge in [-0.25, -0.2) is 0 Å². The third kappa shape index (κ3) is 3.46. The Balaban J connectivity index is 2.12. The molecule has 0 aliphatic heterocycles. The van der Waals surface area contributed by atoms with Gasteiger partial charge in [0.25, 0.3) is 5.69 Å². The summed E-state index contributed by atoms with van der Waals surface area (Å²) in [5.41, 5.74) is 1.91. The summed E-state index contributed by atoms with van der Waals surface area (Å²) in [5, 5.41) is 14.5. The Labute approximate surface area is 114 Å². The van der Waals surface area contributed by atoms with Crippen LogP contribution in [0.2, 0.25) is 0 Å². The lowest BCUT2D eigenvalue weighted by Crippen LogP contribution is -2.26. The average Bonchev–Trinajstić information content (AvgIpc) is 2.38. The molecule has 1 aliphatic rings. The molecule has 2 rings (SSSR count). The minimum atomic E-state index is -0.284. The maximum absolute atomic E-state index is 11.1. The van der Waals surface area contributed by atoms with Gasteiger partial charge in [0.2, 0.25) is 0 Å². The van der Waals surface area contributed by atoms with Crippen LogP contribution in [0.1, 0.15) is 45.1 Å². The second-order valence-corrected chi connectivity index (χ2v) is 5.57. The first-order valence-corrected chi connectivity index (χ1v) is 7.14. The predicted molar refractivity (Wildman–Crippen MR) is 77.5 cm³/mol. The van der Waals surface area contributed by atoms with Gasteiger partial charge >= 0.3 is 0 Å². The number of anilines is 1. The standard InChI is InChI=1S/C15H22N2O2/c1-3-12-7-8-14(10-15(12)17(18)19)16-13-6-4-5-11(2)9-13/h7-8,10-11,13,16H,3-6,9H2,1-2H3. The van der Waals surface area contributed by atoms with Crippen molar-refractivity contribution in [2.75, 3.05) is 5.32 Å². The highest BCUT2D eigenvalue weighted by Crippen LogP contribution is 2.28. The van der Waals surface area contributed by atoms with Crippen molar-refractivity contribution in [3.63, 3.8) is 0 Å². The summed E-state index contributed by atoms with van der Waals surface area (Å²) in [6.45, 7) is 4.22. The highest BCUT2D eigenvalue weighted by Gasteiger charge is 2.20. The maximum atomic E-state index is 11.1. The van der Waals surface area contributed by atoms with Gasteiger partial charge in [-0.2, -0.15) is 0 Å². The van der Waals surface area contributed by atoms with E-state index in [1.165, 1.54) is 12.8 Å². The molecule has 0 heterocycles. The summed E-state index contributed by atoms with van der Waals surface area (Å²) in [4.78, 5) is 10.8. The first kappa shape index (κ1) is 13.8. The third-order valence-electron chi connectivity index (χ3n) is 3.97. The molecule has 1 saturated carbocycles. The quantitative estimate of drug-likeness (QED) is 0.655. The number of benzene rings is 1. The third-order valence-corrected chi connectivity index (χ3v) is 3.97. The molecule has 0 amide bonds. The zero-order chi connectivity index (χ0) is 13.8. The van der Waals surface area contributed by atoms with Crippen LogP contribution in [-0.4, -0.2) is 11.0 Å². The number of nitrogens with zero attached hydrogens (tertiary/aromatic N) is 1. The minimum absolute atomic E-state index is 0.233. The molecule has 1 aromatic rings. The van der Waals surface area contributed by atoms with Gasteiger partial charge in [0, 0.05) is 23.4 Å². The molecule has 19 heavy (non-hydrogen) atoms. The van der Waals surface area contributed by atoms with E-state index < -0.39 is 0 Å². The van der Waals surface area contributed by atoms with Crippen molar-refractivity contribution in [2.24, 2.45) is 5.92 Å². The van der Waals surface area contributed by atoms with Crippen molar-refractivity contribution in [1.29, 1.82) is 0 Å². The van der Waals surface area contributed by atoms with Crippen LogP contribution in [0.3, 0.4) is 0 Å². The number of nitro benzene ring substituents is 1. The van der Waals surface area contributed by atoms with Gasteiger partial charge < -0.3 is 5.32 Å². The Bertz CT molecular complexity index is 459. The zero-order valence-electron chi connectivity index (χ0n) is 11.7. The van der Waals surface area contributed by atoms with Crippen molar-refractivity contribution < 1.29 is 4.92 Å². The lowest BCUT2D eigenvalue weighted by Gasteiger charge is -2.28. The highest BCUT2D eigenvalue weighted by atomic mass is 16.6. The lowest BCUT2D eigenvalue weighted by atomic mass is 9.87. The summed E-state index contributed by atoms with van der Waals surface area (Å²) in [6.07, 6.45) is 5.55. The van der Waals surface area contributed by atoms with Gasteiger partial charge in [-0.05, 0) is 31.2 Å². The molecule has 0 aromatic heterocycles. The Morgan fingerprint density at radius 1 is 1.42 bits per heavy atom. The zero-order valence-corrected chi connectivity index (χ0v) is 11.7. The SMILES string of the molecule is CCc1ccc(NC2CCCC(C)C2)cc1[N+](=O)[O-]. The first-order chi connectivity index (χ1) is 9.10. The summed E-state index contributed by atoms with van der Waals surface area (Å²) in [5.74, 6) is 0.746. The van der Waals surface area contributed by atoms with E-state index >= 15 is 0 Å². The Morgan fingerprint density at radius 3 is 2.84 bits per heavy atom. The molecule has 0 saturated heterocycles. The van der Waals surface area contributed by atoms with Crippen LogP contribution in [-0.2, 0) is 6.42 Å². The van der Waals surface area contributed by atoms with Gasteiger partial charge in [-0.15, -0.1) is 0 Å². The summed E-state index contributed by atoms with van der Waals surface area (Å²) in [7, 11) is 0. The number of hydrogen-bond acceptors (Lipinski definition) is 3. The van der Waals surface area contributed by atoms with E-state index in [-0.39, 0.29) is 10.6 Å². The Hall–Kier alpha value is -1.58. The molecule has 2 atom stereocenters. The number of hydrogen-bond donors (Lipinski definition) is 1. The van der Waals surface area contributed by atoms with Crippen LogP contribution < -0.4 is 5.32 Å². The van der Waals surface area contributed by atoms with Gasteiger partial charge in [0.05, 0.1) is 4.92 Å². The van der Waals surface area contributed by atoms with Crippen LogP contribution in [0.4, 0.5) is 11.4 Å². The molecule has 0 spiro atoms. The van der Waals surface area contributed by atoms with Gasteiger partial charge in [0.15, 0.2) is 0 Å². The molecule has 4 nitrogen and oxygen atoms in total. The van der Waals surface area contributed by atoms with Gasteiger partial charge in [-0.1, -0.05) is 32.8 Å². The predicted octanol–water partition coefficient (Wildman–Crippen LogP) is 4.15. The first-order valence-electron chi connectivity index (χ1n) is 7.14. The van der Waals surface area contributed by atoms with Crippen LogP contribution in [0.15, 0.2) is 18.2 Å². The number of nitro groups is 1. The van der Waals surface area contributed by atoms with E-state index in [9.17, 15) is 10.1 Å². The van der Waals surface area contributed by atoms with Crippen LogP contribution in [0, 0.1) is 16.0 Å². The number of nitrogens with one attached hydrogen (secondary N) is 1. The number of aryl methyl sites for hydroxylation is 1. The lowest BCUT2D eigenvalue weighted by molar-refractivity contribution is -0.385. The molecule has 1 aromatic carbocycles. The molecular weight excluding hydrogens is 240 g/mol. The van der Waals surface area contributed by atoms with Gasteiger partial charge in [-0.3, -0.25) is 10.1 Å². The normalized spacial score (nSPS) is 23.1. The highest BCUT2D eigenvalue weighted by molar-refractivity contribution is 5.55. The molecule has 0 radical (unpaired) electrons. The van der Waals surface area contributed by atoms with Crippen molar-refractivity contribution >= 4 is 11.4 Å². The average molecular weight is 262 g/mol. The molecule has 2 unspecified atom stereocenters. The fourth-order valence-electron chi connectivity index (χ4n) is 2.92. The molecule has 1 aliphatic carbocycles. The van der Waals surface area contributed by atoms with E-state index in [0.29, 0.717) is 12.5 Å². The molecule has 104 valence electrons. The topological polar surface area (TPSA) is 55.2 Å². The van der Waals surface area contributed by atoms with Crippen molar-refractivity contribution in [3.8, 4) is 0 Å². The molecule has 4 heteroatoms. The minimum Gasteiger partial charge on any atom is -0.382 e. The van der Waals surface area contributed by atoms with Crippen LogP contribution in [0.25, 0.3) is 0 Å². The summed E-state index contributed by atoms with van der Waals surface area (Å²) < 4.78 is 0. The van der Waals surface area contributed by atoms with Crippen LogP contribution in [0.5, 0.6) is 0 Å². The Morgan fingerprint density at radius 2 is 2.21 bits per heavy atom. The second-order valence-electron chi connectivity index (χ2n) is 5.57. The van der Waals surface area contributed by atoms with Crippen molar-refractivity contribution in [1.82, 2.24) is 0 Å². The molecule has 0 bridgehead atoms. The summed E-state index contributed by atoms with van der Waals surface area (Å²) >= 11 is 0. The number of rotatable bonds is 4. The van der Waals surface area contributed by atoms with E-state index in [0.717, 1.165) is 30.0 Å². The van der Waals surface area contributed by atoms with E-state index in [1.807, 2.05) is 19.1 Å². The smallest absolute Gasteiger partial charge is 0.274 e. The fraction of sp³-hybridized carbons (Fsp3) is 0.600. The van der Waals surface area contributed by atoms with Crippen molar-refractivity contribution in [2.45, 2.75) is 52.0 Å². The molecular formula is C15H22N2O2. The van der Waals surface area contributed by atoms with Crippen molar-refractivity contribution in [3.05, 3.63) is 33.9 Å².